The fourth-order valence-corrected chi connectivity index (χ4v) is 1.83. The number of allylic oxidation sites excluding steroid dienone is 2. The Kier molecular flexibility index (Phi) is 4.95. The molecule has 0 aliphatic rings. The number of carbonyl (C=O) groups excluding carboxylic acids is 1. The predicted octanol–water partition coefficient (Wildman–Crippen LogP) is 4.61. The Bertz CT molecular complexity index is 688. The van der Waals surface area contributed by atoms with E-state index in [1.54, 1.807) is 12.1 Å². The van der Waals surface area contributed by atoms with Crippen molar-refractivity contribution in [2.24, 2.45) is 0 Å². The third-order valence-electron chi connectivity index (χ3n) is 2.95. The summed E-state index contributed by atoms with van der Waals surface area (Å²) in [4.78, 5) is 12.0. The topological polar surface area (TPSA) is 26.3 Å². The third-order valence-corrected chi connectivity index (χ3v) is 2.95. The summed E-state index contributed by atoms with van der Waals surface area (Å²) in [6, 6.07) is 14.4. The van der Waals surface area contributed by atoms with E-state index in [2.05, 4.69) is 5.92 Å². The van der Waals surface area contributed by atoms with Gasteiger partial charge in [-0.3, -0.25) is 4.79 Å². The van der Waals surface area contributed by atoms with E-state index in [9.17, 15) is 4.79 Å². The van der Waals surface area contributed by atoms with E-state index >= 15 is 0 Å². The zero-order valence-electron chi connectivity index (χ0n) is 11.9. The van der Waals surface area contributed by atoms with E-state index in [1.807, 2.05) is 55.5 Å². The summed E-state index contributed by atoms with van der Waals surface area (Å²) in [5.74, 6) is 3.95. The summed E-state index contributed by atoms with van der Waals surface area (Å²) in [6.45, 7) is 1.90. The molecule has 0 N–H and O–H groups in total. The van der Waals surface area contributed by atoms with Gasteiger partial charge in [0.25, 0.3) is 0 Å². The molecule has 0 bridgehead atoms. The van der Waals surface area contributed by atoms with Crippen molar-refractivity contribution in [3.63, 3.8) is 0 Å². The second-order valence-electron chi connectivity index (χ2n) is 4.49. The molecule has 21 heavy (non-hydrogen) atoms. The second-order valence-corrected chi connectivity index (χ2v) is 4.49. The summed E-state index contributed by atoms with van der Waals surface area (Å²) in [5, 5.41) is 0. The van der Waals surface area contributed by atoms with Crippen LogP contribution in [0.2, 0.25) is 0 Å². The molecule has 0 aliphatic heterocycles. The molecule has 0 unspecified atom stereocenters. The third kappa shape index (κ3) is 4.09. The van der Waals surface area contributed by atoms with Crippen LogP contribution in [0.15, 0.2) is 60.7 Å². The molecule has 0 radical (unpaired) electrons. The fourth-order valence-electron chi connectivity index (χ4n) is 1.83. The summed E-state index contributed by atoms with van der Waals surface area (Å²) in [7, 11) is 0. The quantitative estimate of drug-likeness (QED) is 0.453. The van der Waals surface area contributed by atoms with Crippen LogP contribution in [-0.2, 0) is 0 Å². The van der Waals surface area contributed by atoms with Crippen LogP contribution in [-0.4, -0.2) is 5.78 Å². The first-order valence-corrected chi connectivity index (χ1v) is 6.72. The van der Waals surface area contributed by atoms with E-state index < -0.39 is 0 Å². The first-order chi connectivity index (χ1) is 10.2. The lowest BCUT2D eigenvalue weighted by atomic mass is 10.1. The van der Waals surface area contributed by atoms with Crippen LogP contribution in [0.1, 0.15) is 29.3 Å². The lowest BCUT2D eigenvalue weighted by Gasteiger charge is -2.07. The zero-order valence-corrected chi connectivity index (χ0v) is 11.9. The Morgan fingerprint density at radius 2 is 1.95 bits per heavy atom. The van der Waals surface area contributed by atoms with Gasteiger partial charge in [0.2, 0.25) is 0 Å². The van der Waals surface area contributed by atoms with Gasteiger partial charge in [-0.05, 0) is 43.3 Å². The number of rotatable bonds is 5. The Labute approximate surface area is 125 Å². The van der Waals surface area contributed by atoms with Gasteiger partial charge < -0.3 is 4.74 Å². The highest BCUT2D eigenvalue weighted by molar-refractivity contribution is 5.97. The summed E-state index contributed by atoms with van der Waals surface area (Å²) in [6.07, 6.45) is 9.42. The van der Waals surface area contributed by atoms with E-state index in [1.165, 1.54) is 0 Å². The van der Waals surface area contributed by atoms with Gasteiger partial charge in [-0.2, -0.15) is 0 Å². The number of Topliss-reactive ketones (excluding diaryl/α,β-unsaturated/α-hetero) is 1. The van der Waals surface area contributed by atoms with Gasteiger partial charge in [0.1, 0.15) is 11.5 Å². The molecule has 0 spiro atoms. The minimum atomic E-state index is 0.0706. The fraction of sp³-hybridized carbons (Fsp3) is 0.105. The predicted molar refractivity (Wildman–Crippen MR) is 84.7 cm³/mol. The van der Waals surface area contributed by atoms with E-state index in [0.29, 0.717) is 23.5 Å². The molecule has 2 heteroatoms. The Morgan fingerprint density at radius 3 is 2.62 bits per heavy atom. The van der Waals surface area contributed by atoms with Crippen molar-refractivity contribution in [3.8, 4) is 23.8 Å². The maximum Gasteiger partial charge on any atom is 0.166 e. The summed E-state index contributed by atoms with van der Waals surface area (Å²) in [5.41, 5.74) is 1.45. The molecule has 0 aliphatic carbocycles. The van der Waals surface area contributed by atoms with Gasteiger partial charge in [-0.15, -0.1) is 6.42 Å². The number of terminal acetylenes is 1. The Hall–Kier alpha value is -2.79. The minimum absolute atomic E-state index is 0.0706. The molecule has 2 aromatic carbocycles. The van der Waals surface area contributed by atoms with Crippen LogP contribution in [0.4, 0.5) is 0 Å². The monoisotopic (exact) mass is 276 g/mol. The molecule has 0 saturated heterocycles. The SMILES string of the molecule is C#Cc1ccc(Oc2cccc(C(=O)C/C=C/C)c2)cc1. The van der Waals surface area contributed by atoms with Crippen molar-refractivity contribution < 1.29 is 9.53 Å². The van der Waals surface area contributed by atoms with Gasteiger partial charge in [-0.1, -0.05) is 30.2 Å². The summed E-state index contributed by atoms with van der Waals surface area (Å²) < 4.78 is 5.73. The van der Waals surface area contributed by atoms with Gasteiger partial charge in [0.15, 0.2) is 5.78 Å². The number of benzene rings is 2. The zero-order chi connectivity index (χ0) is 15.1. The minimum Gasteiger partial charge on any atom is -0.457 e. The second kappa shape index (κ2) is 7.12. The largest absolute Gasteiger partial charge is 0.457 e. The van der Waals surface area contributed by atoms with Crippen LogP contribution in [0.5, 0.6) is 11.5 Å². The maximum atomic E-state index is 12.0. The molecule has 0 amide bonds. The molecule has 2 nitrogen and oxygen atoms in total. The summed E-state index contributed by atoms with van der Waals surface area (Å²) >= 11 is 0. The Balaban J connectivity index is 2.13. The average Bonchev–Trinajstić information content (AvgIpc) is 2.53. The van der Waals surface area contributed by atoms with Crippen molar-refractivity contribution in [1.82, 2.24) is 0 Å². The first-order valence-electron chi connectivity index (χ1n) is 6.72. The van der Waals surface area contributed by atoms with Gasteiger partial charge in [-0.25, -0.2) is 0 Å². The molecule has 104 valence electrons. The number of ether oxygens (including phenoxy) is 1. The highest BCUT2D eigenvalue weighted by atomic mass is 16.5. The van der Waals surface area contributed by atoms with Crippen LogP contribution in [0.3, 0.4) is 0 Å². The highest BCUT2D eigenvalue weighted by Crippen LogP contribution is 2.23. The number of carbonyl (C=O) groups is 1. The molecule has 0 saturated carbocycles. The van der Waals surface area contributed by atoms with Crippen molar-refractivity contribution in [3.05, 3.63) is 71.8 Å². The molecule has 2 aromatic rings. The molecule has 0 fully saturated rings. The lowest BCUT2D eigenvalue weighted by molar-refractivity contribution is 0.0995. The van der Waals surface area contributed by atoms with E-state index in [4.69, 9.17) is 11.2 Å². The average molecular weight is 276 g/mol. The van der Waals surface area contributed by atoms with Crippen LogP contribution in [0.25, 0.3) is 0 Å². The smallest absolute Gasteiger partial charge is 0.166 e. The van der Waals surface area contributed by atoms with Crippen LogP contribution in [0, 0.1) is 12.3 Å². The van der Waals surface area contributed by atoms with E-state index in [0.717, 1.165) is 5.56 Å². The molecular weight excluding hydrogens is 260 g/mol. The maximum absolute atomic E-state index is 12.0. The Morgan fingerprint density at radius 1 is 1.19 bits per heavy atom. The van der Waals surface area contributed by atoms with Crippen molar-refractivity contribution in [1.29, 1.82) is 0 Å². The molecule has 0 atom stereocenters. The van der Waals surface area contributed by atoms with Crippen molar-refractivity contribution in [2.75, 3.05) is 0 Å². The lowest BCUT2D eigenvalue weighted by Crippen LogP contribution is -1.97. The first kappa shape index (κ1) is 14.6. The van der Waals surface area contributed by atoms with Crippen molar-refractivity contribution >= 4 is 5.78 Å². The molecule has 0 aromatic heterocycles. The molecule has 0 heterocycles. The van der Waals surface area contributed by atoms with Gasteiger partial charge >= 0.3 is 0 Å². The number of hydrogen-bond acceptors (Lipinski definition) is 2. The molecular formula is C19H16O2. The van der Waals surface area contributed by atoms with E-state index in [-0.39, 0.29) is 5.78 Å². The molecule has 2 rings (SSSR count). The van der Waals surface area contributed by atoms with Gasteiger partial charge in [0, 0.05) is 17.5 Å². The normalized spacial score (nSPS) is 10.3. The van der Waals surface area contributed by atoms with Gasteiger partial charge in [0.05, 0.1) is 0 Å². The van der Waals surface area contributed by atoms with Crippen molar-refractivity contribution in [2.45, 2.75) is 13.3 Å². The number of ketones is 1. The van der Waals surface area contributed by atoms with Crippen LogP contribution >= 0.6 is 0 Å². The highest BCUT2D eigenvalue weighted by Gasteiger charge is 2.05. The standard InChI is InChI=1S/C19H16O2/c1-3-5-9-19(20)16-7-6-8-18(14-16)21-17-12-10-15(4-2)11-13-17/h2-3,5-8,10-14H,9H2,1H3/b5-3+. The number of hydrogen-bond donors (Lipinski definition) is 0. The van der Waals surface area contributed by atoms with Crippen LogP contribution < -0.4 is 4.74 Å².